The van der Waals surface area contributed by atoms with Gasteiger partial charge in [-0.3, -0.25) is 4.79 Å². The Balaban J connectivity index is 1.94. The second-order valence-corrected chi connectivity index (χ2v) is 9.65. The Bertz CT molecular complexity index is 1030. The Morgan fingerprint density at radius 1 is 1.16 bits per heavy atom. The van der Waals surface area contributed by atoms with Gasteiger partial charge in [0.1, 0.15) is 6.04 Å². The molecule has 1 aliphatic heterocycles. The minimum absolute atomic E-state index is 0.114. The highest BCUT2D eigenvalue weighted by molar-refractivity contribution is 7.99. The third-order valence-corrected chi connectivity index (χ3v) is 6.31. The van der Waals surface area contributed by atoms with E-state index < -0.39 is 6.04 Å². The molecule has 31 heavy (non-hydrogen) atoms. The van der Waals surface area contributed by atoms with Gasteiger partial charge in [-0.1, -0.05) is 32.5 Å². The van der Waals surface area contributed by atoms with Crippen LogP contribution < -0.4 is 19.5 Å². The number of carbonyl (C=O) groups excluding carboxylic acids is 1. The number of allylic oxidation sites excluding steroid dienone is 2. The van der Waals surface area contributed by atoms with Crippen LogP contribution in [0.1, 0.15) is 45.2 Å². The molecule has 1 atom stereocenters. The molecule has 0 saturated carbocycles. The van der Waals surface area contributed by atoms with Gasteiger partial charge in [0.2, 0.25) is 16.9 Å². The van der Waals surface area contributed by atoms with E-state index in [-0.39, 0.29) is 11.2 Å². The predicted octanol–water partition coefficient (Wildman–Crippen LogP) is 4.07. The normalized spacial score (nSPS) is 19.4. The zero-order valence-corrected chi connectivity index (χ0v) is 19.6. The van der Waals surface area contributed by atoms with Crippen LogP contribution in [-0.4, -0.2) is 47.6 Å². The van der Waals surface area contributed by atoms with E-state index >= 15 is 0 Å². The molecule has 2 heterocycles. The van der Waals surface area contributed by atoms with Crippen molar-refractivity contribution in [2.45, 2.75) is 44.8 Å². The number of Topliss-reactive ketones (excluding diaryl/α,β-unsaturated/α-hetero) is 1. The molecular weight excluding hydrogens is 416 g/mol. The van der Waals surface area contributed by atoms with Crippen molar-refractivity contribution in [3.8, 4) is 17.2 Å². The van der Waals surface area contributed by atoms with Gasteiger partial charge >= 0.3 is 0 Å². The number of hydrogen-bond donors (Lipinski definition) is 1. The lowest BCUT2D eigenvalue weighted by Gasteiger charge is -2.38. The maximum Gasteiger partial charge on any atom is 0.227 e. The molecule has 1 aliphatic carbocycles. The average molecular weight is 445 g/mol. The highest BCUT2D eigenvalue weighted by Crippen LogP contribution is 2.48. The fourth-order valence-electron chi connectivity index (χ4n) is 4.35. The van der Waals surface area contributed by atoms with Crippen molar-refractivity contribution >= 4 is 23.5 Å². The molecule has 0 unspecified atom stereocenters. The maximum atomic E-state index is 13.4. The first-order valence-electron chi connectivity index (χ1n) is 10.2. The van der Waals surface area contributed by atoms with Gasteiger partial charge in [0.15, 0.2) is 17.3 Å². The van der Waals surface area contributed by atoms with E-state index in [1.165, 1.54) is 0 Å². The maximum absolute atomic E-state index is 13.4. The molecular formula is C22H28N4O4S. The molecule has 1 N–H and O–H groups in total. The van der Waals surface area contributed by atoms with Crippen LogP contribution in [0.4, 0.5) is 5.95 Å². The zero-order chi connectivity index (χ0) is 22.3. The standard InChI is InChI=1S/C22H28N4O4S/c1-7-31-21-24-20-23-13-10-22(2,3)11-14(27)17(13)18(26(20)25-21)12-8-15(28-4)19(30-6)16(9-12)29-5/h8-9,18H,7,10-11H2,1-6H3,(H,23,24,25)/t18-/m1/s1. The van der Waals surface area contributed by atoms with E-state index in [1.807, 2.05) is 12.1 Å². The Morgan fingerprint density at radius 3 is 2.42 bits per heavy atom. The highest BCUT2D eigenvalue weighted by atomic mass is 32.2. The summed E-state index contributed by atoms with van der Waals surface area (Å²) in [5, 5.41) is 8.79. The Kier molecular flexibility index (Phi) is 5.63. The number of thioether (sulfide) groups is 1. The van der Waals surface area contributed by atoms with Crippen LogP contribution in [0.2, 0.25) is 0 Å². The van der Waals surface area contributed by atoms with Gasteiger partial charge in [0.25, 0.3) is 0 Å². The Morgan fingerprint density at radius 2 is 1.84 bits per heavy atom. The molecule has 0 bridgehead atoms. The molecule has 166 valence electrons. The Hall–Kier alpha value is -2.68. The summed E-state index contributed by atoms with van der Waals surface area (Å²) in [6.45, 7) is 6.29. The average Bonchev–Trinajstić information content (AvgIpc) is 3.12. The van der Waals surface area contributed by atoms with Gasteiger partial charge < -0.3 is 19.5 Å². The SMILES string of the molecule is CCSc1nc2n(n1)[C@H](c1cc(OC)c(OC)c(OC)c1)C1=C(CC(C)(C)CC1=O)N2. The quantitative estimate of drug-likeness (QED) is 0.667. The first-order chi connectivity index (χ1) is 14.8. The number of hydrogen-bond acceptors (Lipinski definition) is 8. The van der Waals surface area contributed by atoms with Crippen molar-refractivity contribution < 1.29 is 19.0 Å². The highest BCUT2D eigenvalue weighted by Gasteiger charge is 2.42. The Labute approximate surface area is 186 Å². The van der Waals surface area contributed by atoms with Crippen LogP contribution >= 0.6 is 11.8 Å². The number of nitrogens with zero attached hydrogens (tertiary/aromatic N) is 3. The fourth-order valence-corrected chi connectivity index (χ4v) is 4.90. The topological polar surface area (TPSA) is 87.5 Å². The third-order valence-electron chi connectivity index (χ3n) is 5.59. The van der Waals surface area contributed by atoms with Crippen LogP contribution in [0.25, 0.3) is 0 Å². The summed E-state index contributed by atoms with van der Waals surface area (Å²) < 4.78 is 18.4. The number of ketones is 1. The lowest BCUT2D eigenvalue weighted by molar-refractivity contribution is -0.118. The monoisotopic (exact) mass is 444 g/mol. The first kappa shape index (κ1) is 21.5. The van der Waals surface area contributed by atoms with Crippen molar-refractivity contribution in [1.29, 1.82) is 0 Å². The number of methoxy groups -OCH3 is 3. The van der Waals surface area contributed by atoms with Crippen molar-refractivity contribution in [3.63, 3.8) is 0 Å². The predicted molar refractivity (Wildman–Crippen MR) is 119 cm³/mol. The smallest absolute Gasteiger partial charge is 0.227 e. The molecule has 2 aliphatic rings. The summed E-state index contributed by atoms with van der Waals surface area (Å²) in [6.07, 6.45) is 1.24. The van der Waals surface area contributed by atoms with Crippen LogP contribution in [-0.2, 0) is 4.79 Å². The summed E-state index contributed by atoms with van der Waals surface area (Å²) in [7, 11) is 4.74. The van der Waals surface area contributed by atoms with Gasteiger partial charge in [0, 0.05) is 17.7 Å². The number of benzene rings is 1. The number of anilines is 1. The molecule has 4 rings (SSSR count). The number of rotatable bonds is 6. The van der Waals surface area contributed by atoms with Gasteiger partial charge in [-0.2, -0.15) is 4.98 Å². The molecule has 9 heteroatoms. The van der Waals surface area contributed by atoms with E-state index in [2.05, 4.69) is 31.1 Å². The first-order valence-corrected chi connectivity index (χ1v) is 11.2. The largest absolute Gasteiger partial charge is 0.493 e. The van der Waals surface area contributed by atoms with Crippen LogP contribution in [0.15, 0.2) is 28.6 Å². The van der Waals surface area contributed by atoms with E-state index in [1.54, 1.807) is 37.8 Å². The molecule has 2 aromatic rings. The molecule has 0 amide bonds. The van der Waals surface area contributed by atoms with Gasteiger partial charge in [-0.15, -0.1) is 5.10 Å². The minimum atomic E-state index is -0.428. The second-order valence-electron chi connectivity index (χ2n) is 8.41. The number of aromatic nitrogens is 3. The second kappa shape index (κ2) is 8.11. The number of nitrogens with one attached hydrogen (secondary N) is 1. The van der Waals surface area contributed by atoms with Crippen LogP contribution in [0, 0.1) is 5.41 Å². The summed E-state index contributed by atoms with van der Waals surface area (Å²) >= 11 is 1.57. The van der Waals surface area contributed by atoms with E-state index in [0.29, 0.717) is 34.8 Å². The van der Waals surface area contributed by atoms with Crippen LogP contribution in [0.5, 0.6) is 17.2 Å². The summed E-state index contributed by atoms with van der Waals surface area (Å²) in [5.41, 5.74) is 2.34. The summed E-state index contributed by atoms with van der Waals surface area (Å²) in [4.78, 5) is 18.0. The van der Waals surface area contributed by atoms with Crippen molar-refractivity contribution in [1.82, 2.24) is 14.8 Å². The van der Waals surface area contributed by atoms with Crippen molar-refractivity contribution in [3.05, 3.63) is 29.0 Å². The van der Waals surface area contributed by atoms with Crippen molar-refractivity contribution in [2.24, 2.45) is 5.41 Å². The number of ether oxygens (including phenoxy) is 3. The molecule has 8 nitrogen and oxygen atoms in total. The van der Waals surface area contributed by atoms with E-state index in [0.717, 1.165) is 29.0 Å². The number of carbonyl (C=O) groups is 1. The lowest BCUT2D eigenvalue weighted by atomic mass is 9.73. The summed E-state index contributed by atoms with van der Waals surface area (Å²) in [5.74, 6) is 3.19. The molecule has 0 saturated heterocycles. The summed E-state index contributed by atoms with van der Waals surface area (Å²) in [6, 6.07) is 3.34. The zero-order valence-electron chi connectivity index (χ0n) is 18.7. The minimum Gasteiger partial charge on any atom is -0.493 e. The van der Waals surface area contributed by atoms with Gasteiger partial charge in [-0.05, 0) is 35.3 Å². The van der Waals surface area contributed by atoms with E-state index in [9.17, 15) is 4.79 Å². The third kappa shape index (κ3) is 3.75. The van der Waals surface area contributed by atoms with E-state index in [4.69, 9.17) is 19.3 Å². The molecule has 0 spiro atoms. The fraction of sp³-hybridized carbons (Fsp3) is 0.500. The van der Waals surface area contributed by atoms with Gasteiger partial charge in [0.05, 0.1) is 21.3 Å². The molecule has 0 fully saturated rings. The van der Waals surface area contributed by atoms with Crippen molar-refractivity contribution in [2.75, 3.05) is 32.4 Å². The number of fused-ring (bicyclic) bond motifs is 1. The molecule has 0 radical (unpaired) electrons. The molecule has 1 aromatic heterocycles. The molecule has 1 aromatic carbocycles. The van der Waals surface area contributed by atoms with Crippen LogP contribution in [0.3, 0.4) is 0 Å². The van der Waals surface area contributed by atoms with Gasteiger partial charge in [-0.25, -0.2) is 4.68 Å². The lowest BCUT2D eigenvalue weighted by Crippen LogP contribution is -2.36.